The topological polar surface area (TPSA) is 19.6 Å². The van der Waals surface area contributed by atoms with Crippen LogP contribution >= 0.6 is 0 Å². The molecule has 0 amide bonds. The van der Waals surface area contributed by atoms with Crippen LogP contribution in [-0.4, -0.2) is 0 Å². The number of furan rings is 1. The summed E-state index contributed by atoms with van der Waals surface area (Å²) in [5.74, 6) is 0. The molecule has 107 heavy (non-hydrogen) atoms. The second-order valence-corrected chi connectivity index (χ2v) is 30.3. The third-order valence-corrected chi connectivity index (χ3v) is 23.7. The van der Waals surface area contributed by atoms with Crippen molar-refractivity contribution in [2.75, 3.05) is 9.80 Å². The summed E-state index contributed by atoms with van der Waals surface area (Å²) < 4.78 is 6.45. The number of rotatable bonds is 14. The van der Waals surface area contributed by atoms with Gasteiger partial charge in [0, 0.05) is 60.9 Å². The van der Waals surface area contributed by atoms with Gasteiger partial charge in [-0.1, -0.05) is 307 Å². The van der Waals surface area contributed by atoms with Crippen LogP contribution in [0.15, 0.2) is 381 Å². The number of benzene rings is 16. The maximum atomic E-state index is 6.45. The van der Waals surface area contributed by atoms with Crippen LogP contribution in [0.3, 0.4) is 0 Å². The Morgan fingerprint density at radius 2 is 0.533 bits per heavy atom. The highest BCUT2D eigenvalue weighted by atomic mass is 16.3. The Bertz CT molecular complexity index is 6390. The van der Waals surface area contributed by atoms with Gasteiger partial charge >= 0.3 is 0 Å². The quantitative estimate of drug-likeness (QED) is 0.108. The van der Waals surface area contributed by atoms with Crippen LogP contribution in [-0.2, 0) is 16.2 Å². The molecular weight excluding hydrogens is 1290 g/mol. The van der Waals surface area contributed by atoms with Crippen LogP contribution < -0.4 is 9.80 Å². The van der Waals surface area contributed by atoms with E-state index in [1.165, 1.54) is 94.6 Å². The Balaban J connectivity index is 0.677. The van der Waals surface area contributed by atoms with Crippen molar-refractivity contribution in [1.82, 2.24) is 0 Å². The molecule has 3 heteroatoms. The molecule has 0 saturated heterocycles. The average Bonchev–Trinajstić information content (AvgIpc) is 1.54. The smallest absolute Gasteiger partial charge is 0.136 e. The molecule has 0 aliphatic heterocycles. The van der Waals surface area contributed by atoms with E-state index < -0.39 is 10.8 Å². The van der Waals surface area contributed by atoms with Crippen molar-refractivity contribution >= 4 is 56.1 Å². The van der Waals surface area contributed by atoms with E-state index in [-0.39, 0.29) is 5.41 Å². The van der Waals surface area contributed by atoms with Gasteiger partial charge in [-0.2, -0.15) is 0 Å². The number of anilines is 6. The van der Waals surface area contributed by atoms with Crippen LogP contribution in [0.5, 0.6) is 0 Å². The molecule has 0 saturated carbocycles. The molecule has 1 aromatic heterocycles. The molecule has 1 heterocycles. The van der Waals surface area contributed by atoms with Crippen molar-refractivity contribution in [2.24, 2.45) is 0 Å². The lowest BCUT2D eigenvalue weighted by Gasteiger charge is -2.38. The Morgan fingerprint density at radius 1 is 0.215 bits per heavy atom. The first kappa shape index (κ1) is 63.6. The highest BCUT2D eigenvalue weighted by molar-refractivity contribution is 6.06. The standard InChI is InChI=1S/C104H76N2O/c1-102(2)92-45-17-11-41-84(92)87-55-51-74(63-95(87)102)70-31-23-35-78(59-70)105(98-48-20-14-39-82(98)68-27-7-5-8-28-68)79-36-24-32-71(60-79)75-52-56-88-85-42-12-18-46-93(85)103(3,96(88)64-75)67-104(4)94-47-19-13-43-86(94)89-57-53-76(65-97(89)104)72-33-25-37-80(61-72)106(99-49-21-15-40-83(99)69-29-9-6-10-30-69)81-38-26-34-73(62-81)77-54-58-91-90-44-16-22-50-100(90)107-101(91)66-77/h5-66H,67H2,1-4H3. The third kappa shape index (κ3) is 10.5. The predicted molar refractivity (Wildman–Crippen MR) is 448 cm³/mol. The average molecular weight is 1370 g/mol. The van der Waals surface area contributed by atoms with E-state index in [4.69, 9.17) is 4.42 Å². The first-order chi connectivity index (χ1) is 52.5. The van der Waals surface area contributed by atoms with Gasteiger partial charge in [0.25, 0.3) is 0 Å². The molecule has 3 nitrogen and oxygen atoms in total. The summed E-state index contributed by atoms with van der Waals surface area (Å²) >= 11 is 0. The Kier molecular flexibility index (Phi) is 14.9. The van der Waals surface area contributed by atoms with Crippen LogP contribution in [0.1, 0.15) is 67.5 Å². The Labute approximate surface area is 626 Å². The molecule has 508 valence electrons. The van der Waals surface area contributed by atoms with E-state index in [0.717, 1.165) is 101 Å². The van der Waals surface area contributed by atoms with Crippen molar-refractivity contribution in [2.45, 2.75) is 50.4 Å². The molecule has 16 aromatic carbocycles. The number of nitrogens with zero attached hydrogens (tertiary/aromatic N) is 2. The van der Waals surface area contributed by atoms with E-state index in [1.807, 2.05) is 12.1 Å². The zero-order valence-corrected chi connectivity index (χ0v) is 60.3. The van der Waals surface area contributed by atoms with E-state index >= 15 is 0 Å². The Hall–Kier alpha value is -13.1. The molecule has 3 aliphatic rings. The van der Waals surface area contributed by atoms with E-state index in [1.54, 1.807) is 0 Å². The molecule has 2 unspecified atom stereocenters. The van der Waals surface area contributed by atoms with Crippen LogP contribution in [0.4, 0.5) is 34.1 Å². The van der Waals surface area contributed by atoms with Gasteiger partial charge in [-0.05, 0) is 226 Å². The minimum Gasteiger partial charge on any atom is -0.456 e. The molecule has 2 atom stereocenters. The third-order valence-electron chi connectivity index (χ3n) is 23.7. The van der Waals surface area contributed by atoms with Gasteiger partial charge in [-0.3, -0.25) is 0 Å². The van der Waals surface area contributed by atoms with Crippen LogP contribution in [0.2, 0.25) is 0 Å². The zero-order chi connectivity index (χ0) is 71.5. The van der Waals surface area contributed by atoms with Crippen molar-refractivity contribution in [3.63, 3.8) is 0 Å². The number of fused-ring (bicyclic) bond motifs is 12. The van der Waals surface area contributed by atoms with Gasteiger partial charge in [0.15, 0.2) is 0 Å². The lowest BCUT2D eigenvalue weighted by atomic mass is 9.64. The first-order valence-electron chi connectivity index (χ1n) is 37.5. The highest BCUT2D eigenvalue weighted by Gasteiger charge is 2.49. The SMILES string of the molecule is CC1(C)c2ccccc2-c2ccc(-c3cccc(N(c4cccc(-c5ccc6c(c5)C(C)(CC5(C)c7ccccc7-c7ccc(-c8cccc(N(c9cccc(-c%10ccc%11c(c%10)oc%10ccccc%10%11)c9)c9ccccc9-c9ccccc9)c8)cc75)c5ccccc5-6)c4)c4ccccc4-c4ccccc4)c3)cc21. The lowest BCUT2D eigenvalue weighted by Crippen LogP contribution is -2.33. The molecule has 0 bridgehead atoms. The molecule has 0 fully saturated rings. The van der Waals surface area contributed by atoms with Crippen LogP contribution in [0.25, 0.3) is 122 Å². The maximum absolute atomic E-state index is 6.45. The van der Waals surface area contributed by atoms with Gasteiger partial charge in [-0.15, -0.1) is 0 Å². The minimum atomic E-state index is -0.395. The van der Waals surface area contributed by atoms with Crippen molar-refractivity contribution in [3.05, 3.63) is 409 Å². The molecule has 0 spiro atoms. The van der Waals surface area contributed by atoms with Crippen LogP contribution in [0, 0.1) is 0 Å². The largest absolute Gasteiger partial charge is 0.456 e. The summed E-state index contributed by atoms with van der Waals surface area (Å²) in [6, 6.07) is 140. The van der Waals surface area contributed by atoms with E-state index in [0.29, 0.717) is 0 Å². The molecule has 0 N–H and O–H groups in total. The summed E-state index contributed by atoms with van der Waals surface area (Å²) in [5, 5.41) is 2.25. The van der Waals surface area contributed by atoms with Gasteiger partial charge < -0.3 is 14.2 Å². The molecular formula is C104H76N2O. The summed E-state index contributed by atoms with van der Waals surface area (Å²) in [6.45, 7) is 9.79. The number of para-hydroxylation sites is 3. The monoisotopic (exact) mass is 1370 g/mol. The fourth-order valence-electron chi connectivity index (χ4n) is 18.6. The molecule has 3 aliphatic carbocycles. The number of hydrogen-bond donors (Lipinski definition) is 0. The predicted octanol–water partition coefficient (Wildman–Crippen LogP) is 28.5. The summed E-state index contributed by atoms with van der Waals surface area (Å²) in [5.41, 5.74) is 37.3. The first-order valence-corrected chi connectivity index (χ1v) is 37.5. The summed E-state index contributed by atoms with van der Waals surface area (Å²) in [4.78, 5) is 4.92. The van der Waals surface area contributed by atoms with E-state index in [2.05, 4.69) is 401 Å². The van der Waals surface area contributed by atoms with Gasteiger partial charge in [-0.25, -0.2) is 0 Å². The molecule has 0 radical (unpaired) electrons. The fraction of sp³-hybridized carbons (Fsp3) is 0.0769. The Morgan fingerprint density at radius 3 is 1.00 bits per heavy atom. The van der Waals surface area contributed by atoms with Crippen molar-refractivity contribution < 1.29 is 4.42 Å². The molecule has 20 rings (SSSR count). The summed E-state index contributed by atoms with van der Waals surface area (Å²) in [6.07, 6.45) is 0.847. The van der Waals surface area contributed by atoms with Gasteiger partial charge in [0.1, 0.15) is 11.2 Å². The van der Waals surface area contributed by atoms with Gasteiger partial charge in [0.05, 0.1) is 11.4 Å². The van der Waals surface area contributed by atoms with E-state index in [9.17, 15) is 0 Å². The molecule has 17 aromatic rings. The fourth-order valence-corrected chi connectivity index (χ4v) is 18.6. The van der Waals surface area contributed by atoms with Gasteiger partial charge in [0.2, 0.25) is 0 Å². The second-order valence-electron chi connectivity index (χ2n) is 30.3. The maximum Gasteiger partial charge on any atom is 0.136 e. The van der Waals surface area contributed by atoms with Crippen molar-refractivity contribution in [1.29, 1.82) is 0 Å². The highest BCUT2D eigenvalue weighted by Crippen LogP contribution is 2.61. The minimum absolute atomic E-state index is 0.113. The summed E-state index contributed by atoms with van der Waals surface area (Å²) in [7, 11) is 0. The zero-order valence-electron chi connectivity index (χ0n) is 60.3. The normalized spacial score (nSPS) is 15.5. The lowest BCUT2D eigenvalue weighted by molar-refractivity contribution is 0.406. The van der Waals surface area contributed by atoms with Crippen molar-refractivity contribution in [3.8, 4) is 100 Å². The second kappa shape index (κ2) is 25.1. The number of hydrogen-bond acceptors (Lipinski definition) is 3.